The molecule has 3 aromatic rings. The van der Waals surface area contributed by atoms with E-state index in [-0.39, 0.29) is 5.56 Å². The summed E-state index contributed by atoms with van der Waals surface area (Å²) < 4.78 is 1.99. The summed E-state index contributed by atoms with van der Waals surface area (Å²) in [5.41, 5.74) is 2.25. The minimum absolute atomic E-state index is 0.164. The molecule has 5 heteroatoms. The third-order valence-electron chi connectivity index (χ3n) is 3.23. The van der Waals surface area contributed by atoms with Gasteiger partial charge in [0.05, 0.1) is 18.2 Å². The number of imidazole rings is 1. The van der Waals surface area contributed by atoms with Gasteiger partial charge in [-0.1, -0.05) is 37.3 Å². The molecule has 2 aromatic heterocycles. The van der Waals surface area contributed by atoms with Gasteiger partial charge in [-0.25, -0.2) is 9.97 Å². The largest absolute Gasteiger partial charge is 0.328 e. The summed E-state index contributed by atoms with van der Waals surface area (Å²) in [4.78, 5) is 23.4. The van der Waals surface area contributed by atoms with E-state index in [1.165, 1.54) is 6.07 Å². The average molecular weight is 280 g/mol. The molecule has 0 aliphatic carbocycles. The number of aryl methyl sites for hydroxylation is 1. The van der Waals surface area contributed by atoms with Crippen molar-refractivity contribution in [2.24, 2.45) is 0 Å². The molecule has 0 saturated heterocycles. The Morgan fingerprint density at radius 2 is 2.05 bits per heavy atom. The van der Waals surface area contributed by atoms with Crippen LogP contribution in [-0.4, -0.2) is 19.5 Å². The van der Waals surface area contributed by atoms with Gasteiger partial charge >= 0.3 is 0 Å². The van der Waals surface area contributed by atoms with E-state index in [0.29, 0.717) is 11.5 Å². The quantitative estimate of drug-likeness (QED) is 0.799. The lowest BCUT2D eigenvalue weighted by atomic mass is 10.1. The summed E-state index contributed by atoms with van der Waals surface area (Å²) in [5, 5.41) is 0. The molecule has 0 radical (unpaired) electrons. The number of hydrogen-bond acceptors (Lipinski definition) is 3. The molecule has 1 aromatic carbocycles. The fourth-order valence-electron chi connectivity index (χ4n) is 2.27. The summed E-state index contributed by atoms with van der Waals surface area (Å²) in [5.74, 6) is 0.548. The zero-order valence-electron chi connectivity index (χ0n) is 11.8. The molecule has 2 heterocycles. The Morgan fingerprint density at radius 3 is 2.81 bits per heavy atom. The lowest BCUT2D eigenvalue weighted by Gasteiger charge is -2.07. The van der Waals surface area contributed by atoms with Gasteiger partial charge in [0.1, 0.15) is 5.69 Å². The first-order valence-corrected chi connectivity index (χ1v) is 6.95. The Labute approximate surface area is 122 Å². The van der Waals surface area contributed by atoms with Crippen LogP contribution in [0.25, 0.3) is 22.8 Å². The van der Waals surface area contributed by atoms with Crippen LogP contribution >= 0.6 is 0 Å². The predicted molar refractivity (Wildman–Crippen MR) is 81.8 cm³/mol. The first-order valence-electron chi connectivity index (χ1n) is 6.95. The number of nitrogens with zero attached hydrogens (tertiary/aromatic N) is 3. The average Bonchev–Trinajstić information content (AvgIpc) is 2.96. The first-order chi connectivity index (χ1) is 10.3. The van der Waals surface area contributed by atoms with E-state index in [9.17, 15) is 4.79 Å². The van der Waals surface area contributed by atoms with Crippen molar-refractivity contribution in [2.75, 3.05) is 0 Å². The number of benzene rings is 1. The van der Waals surface area contributed by atoms with E-state index in [0.717, 1.165) is 24.2 Å². The second kappa shape index (κ2) is 5.75. The molecule has 0 unspecified atom stereocenters. The molecule has 0 aliphatic rings. The van der Waals surface area contributed by atoms with Crippen LogP contribution in [0, 0.1) is 0 Å². The molecule has 5 nitrogen and oxygen atoms in total. The molecule has 0 spiro atoms. The molecule has 0 bridgehead atoms. The van der Waals surface area contributed by atoms with Crippen molar-refractivity contribution in [3.8, 4) is 22.8 Å². The van der Waals surface area contributed by atoms with E-state index >= 15 is 0 Å². The fraction of sp³-hybridized carbons (Fsp3) is 0.188. The lowest BCUT2D eigenvalue weighted by Crippen LogP contribution is -2.10. The minimum Gasteiger partial charge on any atom is -0.328 e. The first kappa shape index (κ1) is 13.3. The maximum absolute atomic E-state index is 11.9. The monoisotopic (exact) mass is 280 g/mol. The smallest absolute Gasteiger partial charge is 0.251 e. The van der Waals surface area contributed by atoms with Gasteiger partial charge in [-0.05, 0) is 6.42 Å². The van der Waals surface area contributed by atoms with Gasteiger partial charge in [-0.15, -0.1) is 0 Å². The van der Waals surface area contributed by atoms with E-state index < -0.39 is 0 Å². The molecule has 0 aliphatic heterocycles. The molecule has 3 rings (SSSR count). The molecular formula is C16H16N4O. The maximum Gasteiger partial charge on any atom is 0.251 e. The van der Waals surface area contributed by atoms with Crippen LogP contribution in [0.2, 0.25) is 0 Å². The van der Waals surface area contributed by atoms with Crippen LogP contribution in [-0.2, 0) is 6.54 Å². The summed E-state index contributed by atoms with van der Waals surface area (Å²) in [7, 11) is 0. The molecule has 21 heavy (non-hydrogen) atoms. The van der Waals surface area contributed by atoms with Crippen molar-refractivity contribution in [2.45, 2.75) is 19.9 Å². The van der Waals surface area contributed by atoms with Gasteiger partial charge in [-0.2, -0.15) is 0 Å². The normalized spacial score (nSPS) is 10.7. The molecule has 1 N–H and O–H groups in total. The second-order valence-corrected chi connectivity index (χ2v) is 4.82. The number of H-pyrrole nitrogens is 1. The highest BCUT2D eigenvalue weighted by Gasteiger charge is 2.10. The third-order valence-corrected chi connectivity index (χ3v) is 3.23. The van der Waals surface area contributed by atoms with Crippen LogP contribution < -0.4 is 5.56 Å². The number of nitrogens with one attached hydrogen (secondary N) is 1. The van der Waals surface area contributed by atoms with Crippen molar-refractivity contribution >= 4 is 0 Å². The van der Waals surface area contributed by atoms with Crippen LogP contribution in [0.15, 0.2) is 53.7 Å². The van der Waals surface area contributed by atoms with Crippen LogP contribution in [0.3, 0.4) is 0 Å². The second-order valence-electron chi connectivity index (χ2n) is 4.82. The zero-order chi connectivity index (χ0) is 14.7. The Kier molecular flexibility index (Phi) is 3.64. The van der Waals surface area contributed by atoms with Crippen molar-refractivity contribution in [1.29, 1.82) is 0 Å². The molecule has 0 saturated carbocycles. The van der Waals surface area contributed by atoms with Crippen molar-refractivity contribution in [1.82, 2.24) is 19.5 Å². The van der Waals surface area contributed by atoms with E-state index in [2.05, 4.69) is 21.9 Å². The Hall–Kier alpha value is -2.69. The number of rotatable bonds is 4. The summed E-state index contributed by atoms with van der Waals surface area (Å²) in [6.07, 6.45) is 4.47. The highest BCUT2D eigenvalue weighted by Crippen LogP contribution is 2.19. The molecule has 0 atom stereocenters. The third kappa shape index (κ3) is 2.76. The number of aromatic amines is 1. The zero-order valence-corrected chi connectivity index (χ0v) is 11.8. The minimum atomic E-state index is -0.164. The van der Waals surface area contributed by atoms with Crippen LogP contribution in [0.1, 0.15) is 13.3 Å². The predicted octanol–water partition coefficient (Wildman–Crippen LogP) is 2.71. The van der Waals surface area contributed by atoms with Crippen LogP contribution in [0.4, 0.5) is 0 Å². The highest BCUT2D eigenvalue weighted by atomic mass is 16.1. The maximum atomic E-state index is 11.9. The van der Waals surface area contributed by atoms with Crippen molar-refractivity contribution in [3.63, 3.8) is 0 Å². The van der Waals surface area contributed by atoms with Gasteiger partial charge < -0.3 is 9.55 Å². The number of aromatic nitrogens is 4. The van der Waals surface area contributed by atoms with E-state index in [1.807, 2.05) is 34.9 Å². The summed E-state index contributed by atoms with van der Waals surface area (Å²) in [6, 6.07) is 11.2. The van der Waals surface area contributed by atoms with E-state index in [4.69, 9.17) is 0 Å². The lowest BCUT2D eigenvalue weighted by molar-refractivity contribution is 0.681. The van der Waals surface area contributed by atoms with E-state index in [1.54, 1.807) is 12.5 Å². The summed E-state index contributed by atoms with van der Waals surface area (Å²) >= 11 is 0. The Morgan fingerprint density at radius 1 is 1.24 bits per heavy atom. The van der Waals surface area contributed by atoms with Crippen molar-refractivity contribution < 1.29 is 0 Å². The Bertz CT molecular complexity index is 789. The van der Waals surface area contributed by atoms with Crippen LogP contribution in [0.5, 0.6) is 0 Å². The van der Waals surface area contributed by atoms with Gasteiger partial charge in [-0.3, -0.25) is 4.79 Å². The standard InChI is InChI=1S/C16H16N4O/c1-2-8-20-11-17-10-14(20)16-18-13(9-15(21)19-16)12-6-4-3-5-7-12/h3-7,9-11H,2,8H2,1H3,(H,18,19,21). The molecular weight excluding hydrogens is 264 g/mol. The van der Waals surface area contributed by atoms with Gasteiger partial charge in [0.25, 0.3) is 5.56 Å². The van der Waals surface area contributed by atoms with Gasteiger partial charge in [0.2, 0.25) is 0 Å². The van der Waals surface area contributed by atoms with Gasteiger partial charge in [0.15, 0.2) is 5.82 Å². The Balaban J connectivity index is 2.10. The SMILES string of the molecule is CCCn1cncc1-c1nc(-c2ccccc2)cc(=O)[nH]1. The topological polar surface area (TPSA) is 63.6 Å². The van der Waals surface area contributed by atoms with Crippen molar-refractivity contribution in [3.05, 3.63) is 59.3 Å². The summed E-state index contributed by atoms with van der Waals surface area (Å²) in [6.45, 7) is 2.94. The molecule has 0 amide bonds. The highest BCUT2D eigenvalue weighted by molar-refractivity contribution is 5.61. The van der Waals surface area contributed by atoms with Gasteiger partial charge in [0, 0.05) is 18.2 Å². The molecule has 106 valence electrons. The number of hydrogen-bond donors (Lipinski definition) is 1. The fourth-order valence-corrected chi connectivity index (χ4v) is 2.27. The molecule has 0 fully saturated rings.